The highest BCUT2D eigenvalue weighted by atomic mass is 16.2. The first-order valence-electron chi connectivity index (χ1n) is 3.10. The van der Waals surface area contributed by atoms with Crippen molar-refractivity contribution >= 4 is 11.8 Å². The summed E-state index contributed by atoms with van der Waals surface area (Å²) in [5.74, 6) is -1.19. The van der Waals surface area contributed by atoms with Crippen LogP contribution in [0.5, 0.6) is 0 Å². The minimum absolute atomic E-state index is 0. The predicted octanol–water partition coefficient (Wildman–Crippen LogP) is -0.251. The zero-order valence-electron chi connectivity index (χ0n) is 6.39. The molecular weight excluding hydrogens is 132 g/mol. The molecule has 0 atom stereocenters. The second-order valence-corrected chi connectivity index (χ2v) is 2.21. The molecular formula is C6H16N2O2. The molecule has 0 aliphatic rings. The Morgan fingerprint density at radius 3 is 2.10 bits per heavy atom. The van der Waals surface area contributed by atoms with Crippen molar-refractivity contribution in [3.8, 4) is 0 Å². The first-order chi connectivity index (χ1) is 4.57. The minimum atomic E-state index is -0.603. The summed E-state index contributed by atoms with van der Waals surface area (Å²) in [4.78, 5) is 21.2. The van der Waals surface area contributed by atoms with Crippen LogP contribution in [0.15, 0.2) is 0 Å². The summed E-state index contributed by atoms with van der Waals surface area (Å²) in [6.07, 6.45) is 0. The van der Waals surface area contributed by atoms with Crippen molar-refractivity contribution in [3.05, 3.63) is 0 Å². The number of nitrogens with one attached hydrogen (secondary N) is 2. The Morgan fingerprint density at radius 2 is 1.80 bits per heavy atom. The molecule has 0 saturated carbocycles. The summed E-state index contributed by atoms with van der Waals surface area (Å²) in [5.41, 5.74) is 0. The van der Waals surface area contributed by atoms with Gasteiger partial charge in [-0.3, -0.25) is 9.59 Å². The highest BCUT2D eigenvalue weighted by Gasteiger charge is 2.10. The van der Waals surface area contributed by atoms with E-state index in [2.05, 4.69) is 10.6 Å². The highest BCUT2D eigenvalue weighted by molar-refractivity contribution is 6.35. The third-order valence-corrected chi connectivity index (χ3v) is 0.853. The Balaban J connectivity index is -0.000000405. The second kappa shape index (κ2) is 3.87. The van der Waals surface area contributed by atoms with Crippen LogP contribution in [0.2, 0.25) is 0 Å². The maximum absolute atomic E-state index is 10.7. The molecule has 0 heterocycles. The molecule has 0 aromatic heterocycles. The van der Waals surface area contributed by atoms with E-state index in [0.29, 0.717) is 0 Å². The van der Waals surface area contributed by atoms with Gasteiger partial charge in [0.15, 0.2) is 0 Å². The van der Waals surface area contributed by atoms with E-state index in [-0.39, 0.29) is 8.90 Å². The summed E-state index contributed by atoms with van der Waals surface area (Å²) < 4.78 is 0. The number of amides is 2. The van der Waals surface area contributed by atoms with Crippen molar-refractivity contribution in [2.45, 2.75) is 19.9 Å². The largest absolute Gasteiger partial charge is 0.351 e. The van der Waals surface area contributed by atoms with Gasteiger partial charge in [0.05, 0.1) is 0 Å². The smallest absolute Gasteiger partial charge is 0.309 e. The number of carbonyl (C=O) groups excluding carboxylic acids is 2. The van der Waals surface area contributed by atoms with Crippen molar-refractivity contribution in [2.75, 3.05) is 7.05 Å². The van der Waals surface area contributed by atoms with E-state index in [1.165, 1.54) is 7.05 Å². The van der Waals surface area contributed by atoms with Gasteiger partial charge in [-0.1, -0.05) is 0 Å². The average Bonchev–Trinajstić information content (AvgIpc) is 1.85. The van der Waals surface area contributed by atoms with Gasteiger partial charge in [-0.15, -0.1) is 0 Å². The predicted molar refractivity (Wildman–Crippen MR) is 41.6 cm³/mol. The van der Waals surface area contributed by atoms with E-state index in [0.717, 1.165) is 0 Å². The topological polar surface area (TPSA) is 58.2 Å². The highest BCUT2D eigenvalue weighted by Crippen LogP contribution is 1.75. The third kappa shape index (κ3) is 3.06. The molecule has 0 bridgehead atoms. The average molecular weight is 148 g/mol. The maximum Gasteiger partial charge on any atom is 0.309 e. The van der Waals surface area contributed by atoms with Crippen LogP contribution in [-0.4, -0.2) is 24.9 Å². The number of hydrogen-bond donors (Lipinski definition) is 2. The summed E-state index contributed by atoms with van der Waals surface area (Å²) in [6, 6.07) is 0.00444. The lowest BCUT2D eigenvalue weighted by Gasteiger charge is -2.05. The molecule has 62 valence electrons. The molecule has 2 amide bonds. The third-order valence-electron chi connectivity index (χ3n) is 0.853. The molecule has 0 unspecified atom stereocenters. The van der Waals surface area contributed by atoms with Gasteiger partial charge in [0.1, 0.15) is 0 Å². The van der Waals surface area contributed by atoms with Crippen molar-refractivity contribution in [3.63, 3.8) is 0 Å². The number of rotatable bonds is 1. The van der Waals surface area contributed by atoms with E-state index < -0.39 is 11.8 Å². The molecule has 0 aliphatic heterocycles. The Bertz CT molecular complexity index is 150. The second-order valence-electron chi connectivity index (χ2n) is 2.21. The Labute approximate surface area is 63.0 Å². The zero-order valence-corrected chi connectivity index (χ0v) is 6.39. The molecule has 0 aromatic rings. The van der Waals surface area contributed by atoms with Gasteiger partial charge >= 0.3 is 11.8 Å². The quantitative estimate of drug-likeness (QED) is 0.504. The summed E-state index contributed by atoms with van der Waals surface area (Å²) in [6.45, 7) is 3.58. The van der Waals surface area contributed by atoms with Gasteiger partial charge in [-0.05, 0) is 13.8 Å². The summed E-state index contributed by atoms with van der Waals surface area (Å²) in [7, 11) is 1.42. The van der Waals surface area contributed by atoms with Gasteiger partial charge in [0, 0.05) is 15.9 Å². The van der Waals surface area contributed by atoms with Gasteiger partial charge in [-0.25, -0.2) is 0 Å². The first kappa shape index (κ1) is 8.94. The SMILES string of the molecule is CNC(=O)C(=O)NC(C)C.[HH].[HH]. The molecule has 2 N–H and O–H groups in total. The van der Waals surface area contributed by atoms with E-state index in [4.69, 9.17) is 0 Å². The van der Waals surface area contributed by atoms with Crippen molar-refractivity contribution in [2.24, 2.45) is 0 Å². The van der Waals surface area contributed by atoms with Gasteiger partial charge in [-0.2, -0.15) is 0 Å². The monoisotopic (exact) mass is 148 g/mol. The Hall–Kier alpha value is -1.06. The molecule has 0 radical (unpaired) electrons. The van der Waals surface area contributed by atoms with Gasteiger partial charge < -0.3 is 10.6 Å². The van der Waals surface area contributed by atoms with E-state index in [1.807, 2.05) is 0 Å². The summed E-state index contributed by atoms with van der Waals surface area (Å²) in [5, 5.41) is 4.66. The fourth-order valence-corrected chi connectivity index (χ4v) is 0.441. The van der Waals surface area contributed by atoms with Crippen LogP contribution in [0.25, 0.3) is 0 Å². The molecule has 0 saturated heterocycles. The van der Waals surface area contributed by atoms with Crippen molar-refractivity contribution < 1.29 is 12.4 Å². The zero-order chi connectivity index (χ0) is 8.15. The fraction of sp³-hybridized carbons (Fsp3) is 0.667. The molecule has 0 fully saturated rings. The molecule has 0 aliphatic carbocycles. The molecule has 4 nitrogen and oxygen atoms in total. The van der Waals surface area contributed by atoms with Crippen molar-refractivity contribution in [1.29, 1.82) is 0 Å². The van der Waals surface area contributed by atoms with E-state index in [1.54, 1.807) is 13.8 Å². The van der Waals surface area contributed by atoms with Crippen LogP contribution in [0.3, 0.4) is 0 Å². The fourth-order valence-electron chi connectivity index (χ4n) is 0.441. The molecule has 10 heavy (non-hydrogen) atoms. The molecule has 0 rings (SSSR count). The minimum Gasteiger partial charge on any atom is -0.351 e. The Morgan fingerprint density at radius 1 is 1.30 bits per heavy atom. The molecule has 0 spiro atoms. The first-order valence-corrected chi connectivity index (χ1v) is 3.10. The lowest BCUT2D eigenvalue weighted by atomic mass is 10.4. The van der Waals surface area contributed by atoms with Crippen LogP contribution in [0.4, 0.5) is 0 Å². The normalized spacial score (nSPS) is 9.20. The standard InChI is InChI=1S/C6H12N2O2.2H2/c1-4(2)8-6(10)5(9)7-3;;/h4H,1-3H3,(H,7,9)(H,8,10);2*1H. The van der Waals surface area contributed by atoms with Gasteiger partial charge in [0.2, 0.25) is 0 Å². The van der Waals surface area contributed by atoms with Crippen LogP contribution in [0, 0.1) is 0 Å². The Kier molecular flexibility index (Phi) is 3.46. The van der Waals surface area contributed by atoms with E-state index >= 15 is 0 Å². The number of carbonyl (C=O) groups is 2. The maximum atomic E-state index is 10.7. The van der Waals surface area contributed by atoms with Crippen LogP contribution in [-0.2, 0) is 9.59 Å². The number of likely N-dealkylation sites (N-methyl/N-ethyl adjacent to an activating group) is 1. The van der Waals surface area contributed by atoms with Gasteiger partial charge in [0.25, 0.3) is 0 Å². The van der Waals surface area contributed by atoms with Crippen LogP contribution < -0.4 is 10.6 Å². The number of hydrogen-bond acceptors (Lipinski definition) is 2. The van der Waals surface area contributed by atoms with Crippen LogP contribution in [0.1, 0.15) is 16.7 Å². The van der Waals surface area contributed by atoms with Crippen molar-refractivity contribution in [1.82, 2.24) is 10.6 Å². The van der Waals surface area contributed by atoms with E-state index in [9.17, 15) is 9.59 Å². The lowest BCUT2D eigenvalue weighted by molar-refractivity contribution is -0.139. The lowest BCUT2D eigenvalue weighted by Crippen LogP contribution is -2.41. The molecule has 4 heteroatoms. The van der Waals surface area contributed by atoms with Crippen LogP contribution >= 0.6 is 0 Å². The molecule has 0 aromatic carbocycles. The summed E-state index contributed by atoms with van der Waals surface area (Å²) >= 11 is 0.